The summed E-state index contributed by atoms with van der Waals surface area (Å²) in [5.74, 6) is 5.49. The Balaban J connectivity index is 1.40. The van der Waals surface area contributed by atoms with Gasteiger partial charge in [0.2, 0.25) is 0 Å². The third-order valence-electron chi connectivity index (χ3n) is 11.2. The Hall–Kier alpha value is -0.340. The fourth-order valence-corrected chi connectivity index (χ4v) is 9.26. The topological polar surface area (TPSA) is 29.5 Å². The monoisotopic (exact) mass is 458 g/mol. The van der Waals surface area contributed by atoms with E-state index in [2.05, 4.69) is 40.7 Å². The molecule has 4 aliphatic rings. The quantitative estimate of drug-likeness (QED) is 0.264. The van der Waals surface area contributed by atoms with Crippen LogP contribution in [-0.4, -0.2) is 24.4 Å². The van der Waals surface area contributed by atoms with Crippen LogP contribution in [0.1, 0.15) is 118 Å². The van der Waals surface area contributed by atoms with E-state index in [0.717, 1.165) is 61.4 Å². The number of ether oxygens (including phenoxy) is 1. The van der Waals surface area contributed by atoms with Crippen LogP contribution >= 0.6 is 0 Å². The zero-order valence-electron chi connectivity index (χ0n) is 22.6. The summed E-state index contributed by atoms with van der Waals surface area (Å²) in [6, 6.07) is 0. The van der Waals surface area contributed by atoms with E-state index >= 15 is 0 Å². The van der Waals surface area contributed by atoms with Gasteiger partial charge in [-0.2, -0.15) is 0 Å². The number of allylic oxidation sites excluding steroid dienone is 1. The predicted octanol–water partition coefficient (Wildman–Crippen LogP) is 8.19. The summed E-state index contributed by atoms with van der Waals surface area (Å²) in [5, 5.41) is 9.02. The number of aliphatic hydroxyl groups excluding tert-OH is 1. The van der Waals surface area contributed by atoms with Crippen LogP contribution in [-0.2, 0) is 4.74 Å². The van der Waals surface area contributed by atoms with Crippen molar-refractivity contribution in [1.29, 1.82) is 0 Å². The molecule has 4 aliphatic carbocycles. The molecule has 3 fully saturated rings. The maximum absolute atomic E-state index is 9.02. The molecule has 190 valence electrons. The van der Waals surface area contributed by atoms with E-state index in [-0.39, 0.29) is 6.61 Å². The van der Waals surface area contributed by atoms with Crippen molar-refractivity contribution in [3.8, 4) is 0 Å². The summed E-state index contributed by atoms with van der Waals surface area (Å²) in [6.45, 7) is 13.8. The standard InChI is InChI=1S/C31H54O2/c1-22(2)9-8-10-23(3)27-13-14-28-26-12-11-24-21-25(33-20-7-6-19-32)15-17-30(24,4)29(26)16-18-31(27,28)5/h11,22-23,25-29,32H,6-10,12-21H2,1-5H3/t23-,25+,26+,27-,28+,29+,30+,31-/m1/s1. The first kappa shape index (κ1) is 25.7. The number of hydrogen-bond acceptors (Lipinski definition) is 2. The SMILES string of the molecule is CC(C)CCC[C@@H](C)[C@H]1CC[C@H]2[C@@H]3CC=C4C[C@@H](OCCCCO)CC[C@]4(C)[C@H]3CC[C@]12C. The van der Waals surface area contributed by atoms with Crippen LogP contribution in [0, 0.1) is 46.3 Å². The van der Waals surface area contributed by atoms with Crippen LogP contribution in [0.15, 0.2) is 11.6 Å². The largest absolute Gasteiger partial charge is 0.396 e. The van der Waals surface area contributed by atoms with Crippen LogP contribution in [0.25, 0.3) is 0 Å². The molecule has 0 aromatic heterocycles. The summed E-state index contributed by atoms with van der Waals surface area (Å²) in [6.07, 6.45) is 20.2. The van der Waals surface area contributed by atoms with Crippen molar-refractivity contribution in [3.63, 3.8) is 0 Å². The smallest absolute Gasteiger partial charge is 0.0612 e. The van der Waals surface area contributed by atoms with Crippen molar-refractivity contribution in [2.45, 2.75) is 124 Å². The van der Waals surface area contributed by atoms with Crippen molar-refractivity contribution in [2.75, 3.05) is 13.2 Å². The maximum atomic E-state index is 9.02. The minimum Gasteiger partial charge on any atom is -0.396 e. The Morgan fingerprint density at radius 3 is 2.55 bits per heavy atom. The summed E-state index contributed by atoms with van der Waals surface area (Å²) in [5.41, 5.74) is 2.76. The number of hydrogen-bond donors (Lipinski definition) is 1. The lowest BCUT2D eigenvalue weighted by molar-refractivity contribution is -0.0642. The van der Waals surface area contributed by atoms with Crippen LogP contribution in [0.5, 0.6) is 0 Å². The summed E-state index contributed by atoms with van der Waals surface area (Å²) < 4.78 is 6.24. The molecule has 0 amide bonds. The molecular formula is C31H54O2. The number of rotatable bonds is 10. The predicted molar refractivity (Wildman–Crippen MR) is 139 cm³/mol. The first-order valence-electron chi connectivity index (χ1n) is 14.7. The van der Waals surface area contributed by atoms with E-state index in [1.54, 1.807) is 5.57 Å². The Kier molecular flexibility index (Phi) is 8.37. The Bertz CT molecular complexity index is 668. The second-order valence-electron chi connectivity index (χ2n) is 13.5. The summed E-state index contributed by atoms with van der Waals surface area (Å²) in [7, 11) is 0. The Morgan fingerprint density at radius 1 is 0.970 bits per heavy atom. The lowest BCUT2D eigenvalue weighted by Crippen LogP contribution is -2.51. The van der Waals surface area contributed by atoms with Gasteiger partial charge in [0.15, 0.2) is 0 Å². The fourth-order valence-electron chi connectivity index (χ4n) is 9.26. The van der Waals surface area contributed by atoms with Gasteiger partial charge >= 0.3 is 0 Å². The van der Waals surface area contributed by atoms with Gasteiger partial charge in [-0.15, -0.1) is 0 Å². The zero-order chi connectivity index (χ0) is 23.6. The van der Waals surface area contributed by atoms with Crippen LogP contribution in [0.2, 0.25) is 0 Å². The van der Waals surface area contributed by atoms with Crippen LogP contribution in [0.4, 0.5) is 0 Å². The number of unbranched alkanes of at least 4 members (excludes halogenated alkanes) is 1. The average molecular weight is 459 g/mol. The highest BCUT2D eigenvalue weighted by atomic mass is 16.5. The first-order valence-corrected chi connectivity index (χ1v) is 14.7. The van der Waals surface area contributed by atoms with E-state index in [4.69, 9.17) is 9.84 Å². The Labute approximate surface area is 205 Å². The third-order valence-corrected chi connectivity index (χ3v) is 11.2. The van der Waals surface area contributed by atoms with E-state index in [0.29, 0.717) is 16.9 Å². The van der Waals surface area contributed by atoms with Gasteiger partial charge in [0, 0.05) is 13.2 Å². The van der Waals surface area contributed by atoms with Crippen molar-refractivity contribution < 1.29 is 9.84 Å². The lowest BCUT2D eigenvalue weighted by Gasteiger charge is -2.58. The molecule has 1 N–H and O–H groups in total. The molecule has 8 atom stereocenters. The van der Waals surface area contributed by atoms with Gasteiger partial charge in [-0.05, 0) is 111 Å². The van der Waals surface area contributed by atoms with Gasteiger partial charge in [-0.3, -0.25) is 0 Å². The van der Waals surface area contributed by atoms with Gasteiger partial charge in [0.25, 0.3) is 0 Å². The molecule has 2 heteroatoms. The number of aliphatic hydroxyl groups is 1. The second kappa shape index (κ2) is 10.7. The molecule has 0 spiro atoms. The van der Waals surface area contributed by atoms with Crippen molar-refractivity contribution in [1.82, 2.24) is 0 Å². The molecule has 0 heterocycles. The fraction of sp³-hybridized carbons (Fsp3) is 0.935. The van der Waals surface area contributed by atoms with Crippen LogP contribution in [0.3, 0.4) is 0 Å². The molecule has 0 unspecified atom stereocenters. The van der Waals surface area contributed by atoms with E-state index in [1.165, 1.54) is 64.2 Å². The van der Waals surface area contributed by atoms with Crippen molar-refractivity contribution in [3.05, 3.63) is 11.6 Å². The molecule has 0 radical (unpaired) electrons. The molecule has 2 nitrogen and oxygen atoms in total. The van der Waals surface area contributed by atoms with Gasteiger partial charge < -0.3 is 9.84 Å². The third kappa shape index (κ3) is 5.13. The van der Waals surface area contributed by atoms with Gasteiger partial charge in [0.05, 0.1) is 6.10 Å². The zero-order valence-corrected chi connectivity index (χ0v) is 22.6. The molecule has 3 saturated carbocycles. The first-order chi connectivity index (χ1) is 15.8. The van der Waals surface area contributed by atoms with E-state index in [9.17, 15) is 0 Å². The second-order valence-corrected chi connectivity index (χ2v) is 13.5. The van der Waals surface area contributed by atoms with Gasteiger partial charge in [-0.1, -0.05) is 65.5 Å². The van der Waals surface area contributed by atoms with Crippen molar-refractivity contribution in [2.24, 2.45) is 46.3 Å². The highest BCUT2D eigenvalue weighted by Gasteiger charge is 2.59. The molecule has 0 bridgehead atoms. The average Bonchev–Trinajstić information content (AvgIpc) is 3.14. The summed E-state index contributed by atoms with van der Waals surface area (Å²) in [4.78, 5) is 0. The minimum atomic E-state index is 0.290. The van der Waals surface area contributed by atoms with E-state index in [1.807, 2.05) is 0 Å². The van der Waals surface area contributed by atoms with E-state index < -0.39 is 0 Å². The molecule has 4 rings (SSSR count). The Morgan fingerprint density at radius 2 is 1.79 bits per heavy atom. The molecule has 33 heavy (non-hydrogen) atoms. The van der Waals surface area contributed by atoms with Crippen LogP contribution < -0.4 is 0 Å². The highest BCUT2D eigenvalue weighted by molar-refractivity contribution is 5.25. The van der Waals surface area contributed by atoms with Gasteiger partial charge in [-0.25, -0.2) is 0 Å². The molecule has 0 saturated heterocycles. The summed E-state index contributed by atoms with van der Waals surface area (Å²) >= 11 is 0. The highest BCUT2D eigenvalue weighted by Crippen LogP contribution is 2.67. The molecule has 0 aliphatic heterocycles. The van der Waals surface area contributed by atoms with Gasteiger partial charge in [0.1, 0.15) is 0 Å². The van der Waals surface area contributed by atoms with Crippen molar-refractivity contribution >= 4 is 0 Å². The maximum Gasteiger partial charge on any atom is 0.0612 e. The minimum absolute atomic E-state index is 0.290. The lowest BCUT2D eigenvalue weighted by atomic mass is 9.47. The molecule has 0 aromatic carbocycles. The number of fused-ring (bicyclic) bond motifs is 5. The molecular weight excluding hydrogens is 404 g/mol. The molecule has 0 aromatic rings. The normalized spacial score (nSPS) is 41.3.